The third-order valence-electron chi connectivity index (χ3n) is 3.32. The Hall–Kier alpha value is -1.10. The Morgan fingerprint density at radius 3 is 2.84 bits per heavy atom. The van der Waals surface area contributed by atoms with E-state index in [2.05, 4.69) is 22.5 Å². The van der Waals surface area contributed by atoms with Crippen LogP contribution < -0.4 is 10.6 Å². The molecule has 0 radical (unpaired) electrons. The molecule has 1 aromatic carbocycles. The molecule has 1 aliphatic rings. The molecule has 1 amide bonds. The zero-order valence-electron chi connectivity index (χ0n) is 11.3. The SMILES string of the molecule is C[C@H]1CNCCN1CC(=O)NCc1ccccc1.Cl. The van der Waals surface area contributed by atoms with E-state index in [-0.39, 0.29) is 18.3 Å². The van der Waals surface area contributed by atoms with Crippen molar-refractivity contribution in [2.75, 3.05) is 26.2 Å². The quantitative estimate of drug-likeness (QED) is 0.867. The molecule has 1 aromatic rings. The maximum absolute atomic E-state index is 11.9. The van der Waals surface area contributed by atoms with Crippen molar-refractivity contribution in [3.63, 3.8) is 0 Å². The molecule has 0 aromatic heterocycles. The van der Waals surface area contributed by atoms with E-state index in [1.807, 2.05) is 30.3 Å². The molecule has 1 saturated heterocycles. The zero-order valence-corrected chi connectivity index (χ0v) is 12.1. The van der Waals surface area contributed by atoms with Crippen LogP contribution >= 0.6 is 12.4 Å². The second-order valence-electron chi connectivity index (χ2n) is 4.79. The van der Waals surface area contributed by atoms with Crippen molar-refractivity contribution in [2.24, 2.45) is 0 Å². The van der Waals surface area contributed by atoms with Crippen molar-refractivity contribution >= 4 is 18.3 Å². The molecule has 1 atom stereocenters. The number of hydrogen-bond acceptors (Lipinski definition) is 3. The number of halogens is 1. The van der Waals surface area contributed by atoms with E-state index in [0.717, 1.165) is 25.2 Å². The normalized spacial score (nSPS) is 19.5. The molecule has 0 unspecified atom stereocenters. The van der Waals surface area contributed by atoms with Gasteiger partial charge in [-0.15, -0.1) is 12.4 Å². The van der Waals surface area contributed by atoms with E-state index in [1.165, 1.54) is 0 Å². The molecule has 1 heterocycles. The summed E-state index contributed by atoms with van der Waals surface area (Å²) in [6.45, 7) is 6.13. The van der Waals surface area contributed by atoms with Crippen LogP contribution in [0.4, 0.5) is 0 Å². The van der Waals surface area contributed by atoms with Crippen molar-refractivity contribution in [1.82, 2.24) is 15.5 Å². The first-order chi connectivity index (χ1) is 8.75. The summed E-state index contributed by atoms with van der Waals surface area (Å²) in [5.41, 5.74) is 1.14. The summed E-state index contributed by atoms with van der Waals surface area (Å²) in [6, 6.07) is 10.4. The van der Waals surface area contributed by atoms with Crippen molar-refractivity contribution < 1.29 is 4.79 Å². The number of hydrogen-bond donors (Lipinski definition) is 2. The van der Waals surface area contributed by atoms with Crippen LogP contribution in [-0.2, 0) is 11.3 Å². The minimum Gasteiger partial charge on any atom is -0.351 e. The molecule has 5 heteroatoms. The molecule has 2 N–H and O–H groups in total. The van der Waals surface area contributed by atoms with E-state index >= 15 is 0 Å². The van der Waals surface area contributed by atoms with Gasteiger partial charge in [-0.25, -0.2) is 0 Å². The fourth-order valence-electron chi connectivity index (χ4n) is 2.15. The van der Waals surface area contributed by atoms with Crippen molar-refractivity contribution in [3.05, 3.63) is 35.9 Å². The lowest BCUT2D eigenvalue weighted by Crippen LogP contribution is -2.52. The average Bonchev–Trinajstić information content (AvgIpc) is 2.40. The van der Waals surface area contributed by atoms with Crippen molar-refractivity contribution in [3.8, 4) is 0 Å². The van der Waals surface area contributed by atoms with Gasteiger partial charge in [-0.3, -0.25) is 9.69 Å². The molecule has 19 heavy (non-hydrogen) atoms. The summed E-state index contributed by atoms with van der Waals surface area (Å²) in [6.07, 6.45) is 0. The fraction of sp³-hybridized carbons (Fsp3) is 0.500. The zero-order chi connectivity index (χ0) is 12.8. The van der Waals surface area contributed by atoms with Crippen LogP contribution in [0, 0.1) is 0 Å². The van der Waals surface area contributed by atoms with E-state index in [0.29, 0.717) is 19.1 Å². The van der Waals surface area contributed by atoms with Crippen LogP contribution in [0.2, 0.25) is 0 Å². The summed E-state index contributed by atoms with van der Waals surface area (Å²) in [7, 11) is 0. The third kappa shape index (κ3) is 5.19. The van der Waals surface area contributed by atoms with Crippen LogP contribution in [0.5, 0.6) is 0 Å². The second kappa shape index (κ2) is 8.15. The largest absolute Gasteiger partial charge is 0.351 e. The molecule has 0 saturated carbocycles. The molecular formula is C14H22ClN3O. The van der Waals surface area contributed by atoms with Gasteiger partial charge < -0.3 is 10.6 Å². The van der Waals surface area contributed by atoms with Gasteiger partial charge in [0.05, 0.1) is 6.54 Å². The molecule has 0 aliphatic carbocycles. The van der Waals surface area contributed by atoms with Gasteiger partial charge in [-0.1, -0.05) is 30.3 Å². The van der Waals surface area contributed by atoms with E-state index < -0.39 is 0 Å². The lowest BCUT2D eigenvalue weighted by Gasteiger charge is -2.33. The van der Waals surface area contributed by atoms with E-state index in [4.69, 9.17) is 0 Å². The Bertz CT molecular complexity index is 386. The van der Waals surface area contributed by atoms with Gasteiger partial charge in [-0.2, -0.15) is 0 Å². The Kier molecular flexibility index (Phi) is 6.84. The lowest BCUT2D eigenvalue weighted by atomic mass is 10.2. The second-order valence-corrected chi connectivity index (χ2v) is 4.79. The monoisotopic (exact) mass is 283 g/mol. The Morgan fingerprint density at radius 2 is 2.16 bits per heavy atom. The smallest absolute Gasteiger partial charge is 0.234 e. The number of rotatable bonds is 4. The number of carbonyl (C=O) groups excluding carboxylic acids is 1. The average molecular weight is 284 g/mol. The molecule has 0 spiro atoms. The van der Waals surface area contributed by atoms with Crippen LogP contribution in [0.25, 0.3) is 0 Å². The predicted octanol–water partition coefficient (Wildman–Crippen LogP) is 1.02. The highest BCUT2D eigenvalue weighted by Crippen LogP contribution is 2.02. The van der Waals surface area contributed by atoms with Gasteiger partial charge >= 0.3 is 0 Å². The third-order valence-corrected chi connectivity index (χ3v) is 3.32. The van der Waals surface area contributed by atoms with Crippen LogP contribution in [0.3, 0.4) is 0 Å². The Morgan fingerprint density at radius 1 is 1.42 bits per heavy atom. The first-order valence-corrected chi connectivity index (χ1v) is 6.51. The van der Waals surface area contributed by atoms with E-state index in [9.17, 15) is 4.79 Å². The van der Waals surface area contributed by atoms with Gasteiger partial charge in [-0.05, 0) is 12.5 Å². The summed E-state index contributed by atoms with van der Waals surface area (Å²) in [5.74, 6) is 0.104. The number of amides is 1. The van der Waals surface area contributed by atoms with Gasteiger partial charge in [0.2, 0.25) is 5.91 Å². The molecular weight excluding hydrogens is 262 g/mol. The molecule has 1 aliphatic heterocycles. The summed E-state index contributed by atoms with van der Waals surface area (Å²) in [4.78, 5) is 14.1. The standard InChI is InChI=1S/C14H21N3O.ClH/c1-12-9-15-7-8-17(12)11-14(18)16-10-13-5-3-2-4-6-13;/h2-6,12,15H,7-11H2,1H3,(H,16,18);1H/t12-;/m0./s1. The summed E-state index contributed by atoms with van der Waals surface area (Å²) >= 11 is 0. The molecule has 106 valence electrons. The molecule has 0 bridgehead atoms. The van der Waals surface area contributed by atoms with Crippen LogP contribution in [0.15, 0.2) is 30.3 Å². The van der Waals surface area contributed by atoms with Gasteiger partial charge in [0.1, 0.15) is 0 Å². The number of carbonyl (C=O) groups is 1. The number of nitrogens with zero attached hydrogens (tertiary/aromatic N) is 1. The highest BCUT2D eigenvalue weighted by molar-refractivity contribution is 5.85. The van der Waals surface area contributed by atoms with Crippen molar-refractivity contribution in [1.29, 1.82) is 0 Å². The minimum absolute atomic E-state index is 0. The number of benzene rings is 1. The first kappa shape index (κ1) is 16.0. The maximum Gasteiger partial charge on any atom is 0.234 e. The predicted molar refractivity (Wildman–Crippen MR) is 79.4 cm³/mol. The van der Waals surface area contributed by atoms with Crippen LogP contribution in [0.1, 0.15) is 12.5 Å². The first-order valence-electron chi connectivity index (χ1n) is 6.51. The van der Waals surface area contributed by atoms with E-state index in [1.54, 1.807) is 0 Å². The van der Waals surface area contributed by atoms with Gasteiger partial charge in [0.15, 0.2) is 0 Å². The highest BCUT2D eigenvalue weighted by Gasteiger charge is 2.19. The minimum atomic E-state index is 0. The number of piperazine rings is 1. The number of nitrogens with one attached hydrogen (secondary N) is 2. The summed E-state index contributed by atoms with van der Waals surface area (Å²) < 4.78 is 0. The topological polar surface area (TPSA) is 44.4 Å². The Balaban J connectivity index is 0.00000180. The van der Waals surface area contributed by atoms with Gasteiger partial charge in [0, 0.05) is 32.2 Å². The Labute approximate surface area is 121 Å². The van der Waals surface area contributed by atoms with Gasteiger partial charge in [0.25, 0.3) is 0 Å². The van der Waals surface area contributed by atoms with Crippen molar-refractivity contribution in [2.45, 2.75) is 19.5 Å². The summed E-state index contributed by atoms with van der Waals surface area (Å²) in [5, 5.41) is 6.29. The molecule has 1 fully saturated rings. The maximum atomic E-state index is 11.9. The van der Waals surface area contributed by atoms with Crippen LogP contribution in [-0.4, -0.2) is 43.0 Å². The molecule has 2 rings (SSSR count). The highest BCUT2D eigenvalue weighted by atomic mass is 35.5. The lowest BCUT2D eigenvalue weighted by molar-refractivity contribution is -0.123. The molecule has 4 nitrogen and oxygen atoms in total. The fourth-order valence-corrected chi connectivity index (χ4v) is 2.15.